The van der Waals surface area contributed by atoms with Crippen molar-refractivity contribution in [1.29, 1.82) is 0 Å². The molecule has 34 heavy (non-hydrogen) atoms. The quantitative estimate of drug-likeness (QED) is 0.518. The van der Waals surface area contributed by atoms with Crippen LogP contribution in [0.5, 0.6) is 0 Å². The lowest BCUT2D eigenvalue weighted by molar-refractivity contribution is -0.131. The van der Waals surface area contributed by atoms with Crippen molar-refractivity contribution in [2.75, 3.05) is 17.8 Å². The second-order valence-corrected chi connectivity index (χ2v) is 11.1. The number of nitrogens with one attached hydrogen (secondary N) is 2. The van der Waals surface area contributed by atoms with Crippen LogP contribution in [0.25, 0.3) is 0 Å². The molecular weight excluding hydrogens is 470 g/mol. The van der Waals surface area contributed by atoms with Gasteiger partial charge in [-0.15, -0.1) is 11.3 Å². The van der Waals surface area contributed by atoms with Crippen LogP contribution in [-0.2, 0) is 27.8 Å². The van der Waals surface area contributed by atoms with E-state index in [1.807, 2.05) is 23.3 Å². The molecule has 0 atom stereocenters. The molecule has 7 nitrogen and oxygen atoms in total. The molecule has 3 aromatic rings. The maximum Gasteiger partial charge on any atom is 0.261 e. The SMILES string of the molecule is Cc1cccc(NS(=O)(=O)c2ccc(C)c(C(=O)NCCC(=O)N3CCc4sccc4C3)c2)c1. The highest BCUT2D eigenvalue weighted by molar-refractivity contribution is 7.92. The highest BCUT2D eigenvalue weighted by Crippen LogP contribution is 2.24. The number of benzene rings is 2. The van der Waals surface area contributed by atoms with Crippen LogP contribution < -0.4 is 10.0 Å². The Morgan fingerprint density at radius 1 is 1.09 bits per heavy atom. The molecule has 0 saturated carbocycles. The van der Waals surface area contributed by atoms with Crippen molar-refractivity contribution in [2.24, 2.45) is 0 Å². The second kappa shape index (κ2) is 9.99. The molecule has 9 heteroatoms. The van der Waals surface area contributed by atoms with Gasteiger partial charge in [-0.25, -0.2) is 8.42 Å². The van der Waals surface area contributed by atoms with Crippen molar-refractivity contribution < 1.29 is 18.0 Å². The Morgan fingerprint density at radius 2 is 1.91 bits per heavy atom. The molecule has 2 N–H and O–H groups in total. The average Bonchev–Trinajstić information content (AvgIpc) is 3.26. The predicted molar refractivity (Wildman–Crippen MR) is 134 cm³/mol. The number of amides is 2. The minimum absolute atomic E-state index is 0.000663. The number of nitrogens with zero attached hydrogens (tertiary/aromatic N) is 1. The van der Waals surface area contributed by atoms with Gasteiger partial charge in [0.2, 0.25) is 5.91 Å². The molecule has 0 unspecified atom stereocenters. The molecule has 0 radical (unpaired) electrons. The lowest BCUT2D eigenvalue weighted by atomic mass is 10.1. The molecule has 0 aliphatic carbocycles. The largest absolute Gasteiger partial charge is 0.352 e. The predicted octanol–water partition coefficient (Wildman–Crippen LogP) is 3.87. The minimum atomic E-state index is -3.86. The molecule has 178 valence electrons. The number of thiophene rings is 1. The fraction of sp³-hybridized carbons (Fsp3) is 0.280. The summed E-state index contributed by atoms with van der Waals surface area (Å²) < 4.78 is 28.3. The summed E-state index contributed by atoms with van der Waals surface area (Å²) >= 11 is 1.72. The zero-order valence-electron chi connectivity index (χ0n) is 19.1. The number of fused-ring (bicyclic) bond motifs is 1. The summed E-state index contributed by atoms with van der Waals surface area (Å²) in [5.74, 6) is -0.413. The van der Waals surface area contributed by atoms with Crippen LogP contribution in [-0.4, -0.2) is 38.2 Å². The molecule has 2 amide bonds. The van der Waals surface area contributed by atoms with E-state index in [0.29, 0.717) is 24.3 Å². The van der Waals surface area contributed by atoms with Crippen molar-refractivity contribution >= 4 is 38.9 Å². The van der Waals surface area contributed by atoms with Crippen LogP contribution in [0.2, 0.25) is 0 Å². The first kappa shape index (κ1) is 24.0. The third-order valence-corrected chi connectivity index (χ3v) is 8.22. The van der Waals surface area contributed by atoms with Crippen molar-refractivity contribution in [1.82, 2.24) is 10.2 Å². The normalized spacial score (nSPS) is 13.3. The van der Waals surface area contributed by atoms with E-state index in [0.717, 1.165) is 12.0 Å². The second-order valence-electron chi connectivity index (χ2n) is 8.39. The van der Waals surface area contributed by atoms with E-state index in [1.54, 1.807) is 42.5 Å². The van der Waals surface area contributed by atoms with Crippen LogP contribution in [0.15, 0.2) is 58.8 Å². The maximum atomic E-state index is 12.9. The molecule has 2 heterocycles. The summed E-state index contributed by atoms with van der Waals surface area (Å²) in [7, 11) is -3.86. The number of hydrogen-bond acceptors (Lipinski definition) is 5. The zero-order chi connectivity index (χ0) is 24.3. The van der Waals surface area contributed by atoms with Crippen LogP contribution in [0.1, 0.15) is 38.3 Å². The van der Waals surface area contributed by atoms with Gasteiger partial charge in [-0.3, -0.25) is 14.3 Å². The molecular formula is C25H27N3O4S2. The van der Waals surface area contributed by atoms with E-state index in [2.05, 4.69) is 16.1 Å². The Hall–Kier alpha value is -3.17. The fourth-order valence-electron chi connectivity index (χ4n) is 3.93. The van der Waals surface area contributed by atoms with Crippen LogP contribution >= 0.6 is 11.3 Å². The summed E-state index contributed by atoms with van der Waals surface area (Å²) in [6.07, 6.45) is 1.05. The first-order valence-electron chi connectivity index (χ1n) is 11.0. The van der Waals surface area contributed by atoms with Crippen molar-refractivity contribution in [3.63, 3.8) is 0 Å². The number of carbonyl (C=O) groups excluding carboxylic acids is 2. The Balaban J connectivity index is 1.37. The molecule has 0 spiro atoms. The minimum Gasteiger partial charge on any atom is -0.352 e. The molecule has 0 bridgehead atoms. The molecule has 1 aromatic heterocycles. The third kappa shape index (κ3) is 5.48. The van der Waals surface area contributed by atoms with Gasteiger partial charge in [0.05, 0.1) is 4.90 Å². The van der Waals surface area contributed by atoms with E-state index in [1.165, 1.54) is 22.6 Å². The Morgan fingerprint density at radius 3 is 2.71 bits per heavy atom. The van der Waals surface area contributed by atoms with Crippen LogP contribution in [0, 0.1) is 13.8 Å². The maximum absolute atomic E-state index is 12.9. The first-order valence-corrected chi connectivity index (χ1v) is 13.4. The number of sulfonamides is 1. The standard InChI is InChI=1S/C25H27N3O4S2/c1-17-4-3-5-20(14-17)27-34(31,32)21-7-6-18(2)22(15-21)25(30)26-11-8-24(29)28-12-9-23-19(16-28)10-13-33-23/h3-7,10,13-15,27H,8-9,11-12,16H2,1-2H3,(H,26,30). The van der Waals surface area contributed by atoms with E-state index < -0.39 is 15.9 Å². The summed E-state index contributed by atoms with van der Waals surface area (Å²) in [5.41, 5.74) is 3.50. The first-order chi connectivity index (χ1) is 16.2. The summed E-state index contributed by atoms with van der Waals surface area (Å²) in [6.45, 7) is 5.10. The van der Waals surface area contributed by atoms with Crippen molar-refractivity contribution in [3.8, 4) is 0 Å². The van der Waals surface area contributed by atoms with Crippen molar-refractivity contribution in [3.05, 3.63) is 81.0 Å². The van der Waals surface area contributed by atoms with Gasteiger partial charge in [0.25, 0.3) is 15.9 Å². The Kier molecular flexibility index (Phi) is 7.04. The fourth-order valence-corrected chi connectivity index (χ4v) is 5.90. The zero-order valence-corrected chi connectivity index (χ0v) is 20.8. The van der Waals surface area contributed by atoms with Gasteiger partial charge in [0.1, 0.15) is 0 Å². The van der Waals surface area contributed by atoms with Gasteiger partial charge in [-0.2, -0.15) is 0 Å². The van der Waals surface area contributed by atoms with E-state index in [9.17, 15) is 18.0 Å². The lowest BCUT2D eigenvalue weighted by Crippen LogP contribution is -2.37. The molecule has 0 saturated heterocycles. The highest BCUT2D eigenvalue weighted by Gasteiger charge is 2.22. The van der Waals surface area contributed by atoms with E-state index in [-0.39, 0.29) is 29.3 Å². The van der Waals surface area contributed by atoms with Crippen LogP contribution in [0.3, 0.4) is 0 Å². The van der Waals surface area contributed by atoms with E-state index >= 15 is 0 Å². The average molecular weight is 498 g/mol. The Labute approximate surface area is 203 Å². The topological polar surface area (TPSA) is 95.6 Å². The van der Waals surface area contributed by atoms with Gasteiger partial charge < -0.3 is 10.2 Å². The third-order valence-electron chi connectivity index (χ3n) is 5.82. The summed E-state index contributed by atoms with van der Waals surface area (Å²) in [4.78, 5) is 28.5. The molecule has 2 aromatic carbocycles. The molecule has 0 fully saturated rings. The summed E-state index contributed by atoms with van der Waals surface area (Å²) in [6, 6.07) is 13.6. The van der Waals surface area contributed by atoms with E-state index in [4.69, 9.17) is 0 Å². The molecule has 1 aliphatic heterocycles. The lowest BCUT2D eigenvalue weighted by Gasteiger charge is -2.27. The monoisotopic (exact) mass is 497 g/mol. The molecule has 1 aliphatic rings. The number of carbonyl (C=O) groups is 2. The van der Waals surface area contributed by atoms with Gasteiger partial charge in [0.15, 0.2) is 0 Å². The van der Waals surface area contributed by atoms with Gasteiger partial charge in [-0.05, 0) is 72.7 Å². The van der Waals surface area contributed by atoms with Gasteiger partial charge >= 0.3 is 0 Å². The number of rotatable bonds is 7. The van der Waals surface area contributed by atoms with Crippen molar-refractivity contribution in [2.45, 2.75) is 38.1 Å². The van der Waals surface area contributed by atoms with Gasteiger partial charge in [-0.1, -0.05) is 18.2 Å². The Bertz CT molecular complexity index is 1330. The number of hydrogen-bond donors (Lipinski definition) is 2. The van der Waals surface area contributed by atoms with Gasteiger partial charge in [0, 0.05) is 42.2 Å². The summed E-state index contributed by atoms with van der Waals surface area (Å²) in [5, 5.41) is 4.81. The molecule has 4 rings (SSSR count). The number of aryl methyl sites for hydroxylation is 2. The van der Waals surface area contributed by atoms with Crippen LogP contribution in [0.4, 0.5) is 5.69 Å². The number of anilines is 1. The smallest absolute Gasteiger partial charge is 0.261 e. The highest BCUT2D eigenvalue weighted by atomic mass is 32.2.